The van der Waals surface area contributed by atoms with E-state index in [1.54, 1.807) is 0 Å². The monoisotopic (exact) mass is 454 g/mol. The number of nitrogens with two attached hydrogens (primary N) is 1. The summed E-state index contributed by atoms with van der Waals surface area (Å²) in [5.41, 5.74) is 8.99. The third-order valence-electron chi connectivity index (χ3n) is 6.95. The van der Waals surface area contributed by atoms with E-state index in [2.05, 4.69) is 21.8 Å². The van der Waals surface area contributed by atoms with Gasteiger partial charge in [-0.25, -0.2) is 15.0 Å². The molecule has 2 fully saturated rings. The molecule has 3 heterocycles. The van der Waals surface area contributed by atoms with Crippen molar-refractivity contribution in [1.82, 2.24) is 19.5 Å². The van der Waals surface area contributed by atoms with Crippen LogP contribution in [0.5, 0.6) is 0 Å². The fourth-order valence-electron chi connectivity index (χ4n) is 4.92. The molecule has 0 bridgehead atoms. The Balaban J connectivity index is 1.52. The minimum absolute atomic E-state index is 0.177. The molecule has 2 aromatic heterocycles. The van der Waals surface area contributed by atoms with Crippen molar-refractivity contribution in [3.8, 4) is 0 Å². The molecular formula is C24H31ClN6O. The number of aromatic nitrogens is 4. The Morgan fingerprint density at radius 1 is 1.19 bits per heavy atom. The maximum atomic E-state index is 6.21. The normalized spacial score (nSPS) is 23.3. The number of rotatable bonds is 5. The average Bonchev–Trinajstić information content (AvgIpc) is 3.11. The summed E-state index contributed by atoms with van der Waals surface area (Å²) in [4.78, 5) is 14.6. The number of hydrogen-bond acceptors (Lipinski definition) is 6. The third kappa shape index (κ3) is 4.60. The Kier molecular flexibility index (Phi) is 6.05. The number of halogens is 1. The quantitative estimate of drug-likeness (QED) is 0.562. The summed E-state index contributed by atoms with van der Waals surface area (Å²) >= 11 is 6.21. The lowest BCUT2D eigenvalue weighted by Crippen LogP contribution is -2.29. The van der Waals surface area contributed by atoms with E-state index < -0.39 is 0 Å². The van der Waals surface area contributed by atoms with Gasteiger partial charge in [0.2, 0.25) is 5.95 Å². The zero-order chi connectivity index (χ0) is 22.1. The highest BCUT2D eigenvalue weighted by molar-refractivity contribution is 6.30. The van der Waals surface area contributed by atoms with Gasteiger partial charge in [0.1, 0.15) is 11.3 Å². The highest BCUT2D eigenvalue weighted by Gasteiger charge is 2.30. The standard InChI is InChI=1S/C24H31ClN6O/c1-24(9-11-32-12-10-24)14-21-27-15-20-22(30-21)31(19-7-5-17(26)6-8-19)23(29-20)28-18-4-2-3-16(25)13-18/h2-4,13,15,17,19H,5-12,14,26H2,1H3,(H,28,29). The summed E-state index contributed by atoms with van der Waals surface area (Å²) in [5, 5.41) is 4.16. The lowest BCUT2D eigenvalue weighted by Gasteiger charge is -2.32. The van der Waals surface area contributed by atoms with Crippen LogP contribution in [0.1, 0.15) is 57.3 Å². The van der Waals surface area contributed by atoms with Crippen LogP contribution in [0, 0.1) is 5.41 Å². The number of hydrogen-bond donors (Lipinski definition) is 2. The molecule has 3 N–H and O–H groups in total. The predicted molar refractivity (Wildman–Crippen MR) is 127 cm³/mol. The van der Waals surface area contributed by atoms with E-state index in [4.69, 9.17) is 32.0 Å². The average molecular weight is 455 g/mol. The second kappa shape index (κ2) is 8.96. The van der Waals surface area contributed by atoms with Crippen LogP contribution in [0.3, 0.4) is 0 Å². The first-order chi connectivity index (χ1) is 15.5. The molecule has 1 aromatic carbocycles. The first-order valence-corrected chi connectivity index (χ1v) is 12.0. The Labute approximate surface area is 193 Å². The molecule has 2 aliphatic rings. The highest BCUT2D eigenvalue weighted by Crippen LogP contribution is 2.36. The molecule has 8 heteroatoms. The summed E-state index contributed by atoms with van der Waals surface area (Å²) < 4.78 is 7.83. The first kappa shape index (κ1) is 21.6. The fourth-order valence-corrected chi connectivity index (χ4v) is 5.11. The first-order valence-electron chi connectivity index (χ1n) is 11.6. The van der Waals surface area contributed by atoms with Gasteiger partial charge in [-0.3, -0.25) is 4.57 Å². The number of benzene rings is 1. The van der Waals surface area contributed by atoms with E-state index >= 15 is 0 Å². The van der Waals surface area contributed by atoms with Crippen LogP contribution in [-0.4, -0.2) is 38.8 Å². The van der Waals surface area contributed by atoms with Crippen LogP contribution in [0.2, 0.25) is 5.02 Å². The Morgan fingerprint density at radius 3 is 2.72 bits per heavy atom. The van der Waals surface area contributed by atoms with E-state index in [0.717, 1.165) is 86.8 Å². The van der Waals surface area contributed by atoms with Crippen molar-refractivity contribution in [3.05, 3.63) is 41.3 Å². The van der Waals surface area contributed by atoms with Gasteiger partial charge in [0.25, 0.3) is 0 Å². The van der Waals surface area contributed by atoms with E-state index in [9.17, 15) is 0 Å². The molecule has 1 aliphatic heterocycles. The second-order valence-corrected chi connectivity index (χ2v) is 10.0. The third-order valence-corrected chi connectivity index (χ3v) is 7.19. The predicted octanol–water partition coefficient (Wildman–Crippen LogP) is 5.02. The van der Waals surface area contributed by atoms with Crippen LogP contribution in [0.4, 0.5) is 11.6 Å². The van der Waals surface area contributed by atoms with Gasteiger partial charge in [-0.2, -0.15) is 0 Å². The number of ether oxygens (including phenoxy) is 1. The number of anilines is 2. The van der Waals surface area contributed by atoms with E-state index in [1.807, 2.05) is 30.5 Å². The number of nitrogens with one attached hydrogen (secondary N) is 1. The van der Waals surface area contributed by atoms with Crippen LogP contribution in [0.25, 0.3) is 11.2 Å². The largest absolute Gasteiger partial charge is 0.381 e. The van der Waals surface area contributed by atoms with Gasteiger partial charge < -0.3 is 15.8 Å². The summed E-state index contributed by atoms with van der Waals surface area (Å²) in [5.74, 6) is 1.66. The van der Waals surface area contributed by atoms with Gasteiger partial charge in [-0.1, -0.05) is 24.6 Å². The second-order valence-electron chi connectivity index (χ2n) is 9.60. The molecule has 170 valence electrons. The zero-order valence-corrected chi connectivity index (χ0v) is 19.3. The van der Waals surface area contributed by atoms with Crippen LogP contribution in [-0.2, 0) is 11.2 Å². The zero-order valence-electron chi connectivity index (χ0n) is 18.6. The van der Waals surface area contributed by atoms with Gasteiger partial charge in [-0.05, 0) is 62.1 Å². The lowest BCUT2D eigenvalue weighted by molar-refractivity contribution is 0.0232. The number of fused-ring (bicyclic) bond motifs is 1. The topological polar surface area (TPSA) is 90.9 Å². The maximum absolute atomic E-state index is 6.21. The molecule has 5 rings (SSSR count). The highest BCUT2D eigenvalue weighted by atomic mass is 35.5. The molecule has 1 aliphatic carbocycles. The van der Waals surface area contributed by atoms with Crippen molar-refractivity contribution < 1.29 is 4.74 Å². The van der Waals surface area contributed by atoms with Gasteiger partial charge in [-0.15, -0.1) is 0 Å². The molecular weight excluding hydrogens is 424 g/mol. The minimum Gasteiger partial charge on any atom is -0.381 e. The summed E-state index contributed by atoms with van der Waals surface area (Å²) in [6.45, 7) is 3.94. The Hall–Kier alpha value is -2.22. The molecule has 0 spiro atoms. The van der Waals surface area contributed by atoms with Gasteiger partial charge in [0.05, 0.1) is 6.20 Å². The Bertz CT molecular complexity index is 1090. The van der Waals surface area contributed by atoms with E-state index in [-0.39, 0.29) is 11.5 Å². The van der Waals surface area contributed by atoms with Gasteiger partial charge >= 0.3 is 0 Å². The molecule has 32 heavy (non-hydrogen) atoms. The molecule has 1 saturated carbocycles. The molecule has 0 atom stereocenters. The summed E-state index contributed by atoms with van der Waals surface area (Å²) in [6, 6.07) is 8.30. The molecule has 3 aromatic rings. The van der Waals surface area contributed by atoms with Gasteiger partial charge in [0, 0.05) is 42.4 Å². The molecule has 0 amide bonds. The van der Waals surface area contributed by atoms with Crippen molar-refractivity contribution in [2.45, 2.75) is 64.0 Å². The van der Waals surface area contributed by atoms with Crippen molar-refractivity contribution in [3.63, 3.8) is 0 Å². The van der Waals surface area contributed by atoms with Crippen molar-refractivity contribution in [2.75, 3.05) is 18.5 Å². The van der Waals surface area contributed by atoms with E-state index in [1.165, 1.54) is 0 Å². The molecule has 1 saturated heterocycles. The Morgan fingerprint density at radius 2 is 1.97 bits per heavy atom. The van der Waals surface area contributed by atoms with Crippen LogP contribution >= 0.6 is 11.6 Å². The van der Waals surface area contributed by atoms with Crippen molar-refractivity contribution in [1.29, 1.82) is 0 Å². The number of nitrogens with zero attached hydrogens (tertiary/aromatic N) is 4. The number of imidazole rings is 1. The van der Waals surface area contributed by atoms with Crippen LogP contribution < -0.4 is 11.1 Å². The fraction of sp³-hybridized carbons (Fsp3) is 0.542. The van der Waals surface area contributed by atoms with Gasteiger partial charge in [0.15, 0.2) is 5.65 Å². The summed E-state index contributed by atoms with van der Waals surface area (Å²) in [6.07, 6.45) is 8.86. The summed E-state index contributed by atoms with van der Waals surface area (Å²) in [7, 11) is 0. The molecule has 0 unspecified atom stereocenters. The van der Waals surface area contributed by atoms with Crippen molar-refractivity contribution >= 4 is 34.4 Å². The van der Waals surface area contributed by atoms with Crippen molar-refractivity contribution in [2.24, 2.45) is 11.1 Å². The van der Waals surface area contributed by atoms with Crippen LogP contribution in [0.15, 0.2) is 30.5 Å². The van der Waals surface area contributed by atoms with E-state index in [0.29, 0.717) is 11.1 Å². The maximum Gasteiger partial charge on any atom is 0.209 e. The smallest absolute Gasteiger partial charge is 0.209 e. The molecule has 7 nitrogen and oxygen atoms in total. The minimum atomic E-state index is 0.177. The lowest BCUT2D eigenvalue weighted by atomic mass is 9.79. The SMILES string of the molecule is CC1(Cc2ncc3nc(Nc4cccc(Cl)c4)n(C4CCC(N)CC4)c3n2)CCOCC1. The molecule has 0 radical (unpaired) electrons.